The number of aryl methyl sites for hydroxylation is 1. The Bertz CT molecular complexity index is 2070. The van der Waals surface area contributed by atoms with Gasteiger partial charge in [-0.1, -0.05) is 6.07 Å². The predicted molar refractivity (Wildman–Crippen MR) is 150 cm³/mol. The molecular formula is C28H21F2N7O3S. The second-order valence-corrected chi connectivity index (χ2v) is 10.7. The smallest absolute Gasteiger partial charge is 0.262 e. The molecular weight excluding hydrogens is 552 g/mol. The van der Waals surface area contributed by atoms with Gasteiger partial charge in [0.15, 0.2) is 11.6 Å². The molecule has 10 nitrogen and oxygen atoms in total. The zero-order valence-corrected chi connectivity index (χ0v) is 22.4. The number of sulfonamides is 1. The van der Waals surface area contributed by atoms with Gasteiger partial charge < -0.3 is 10.1 Å². The van der Waals surface area contributed by atoms with Gasteiger partial charge in [-0.05, 0) is 67.1 Å². The molecule has 0 bridgehead atoms. The number of aromatic nitrogens is 5. The Labute approximate surface area is 232 Å². The van der Waals surface area contributed by atoms with Crippen molar-refractivity contribution < 1.29 is 21.9 Å². The van der Waals surface area contributed by atoms with Crippen LogP contribution in [0.15, 0.2) is 84.3 Å². The maximum absolute atomic E-state index is 15.6. The van der Waals surface area contributed by atoms with Gasteiger partial charge in [-0.25, -0.2) is 36.7 Å². The van der Waals surface area contributed by atoms with E-state index in [2.05, 4.69) is 30.1 Å². The third-order valence-corrected chi connectivity index (χ3v) is 7.96. The van der Waals surface area contributed by atoms with Crippen molar-refractivity contribution >= 4 is 43.8 Å². The van der Waals surface area contributed by atoms with E-state index in [0.29, 0.717) is 22.5 Å². The number of ether oxygens (including phenoxy) is 1. The monoisotopic (exact) mass is 573 g/mol. The SMILES string of the molecule is COc1ccc(S(=O)(=O)Nc2ccc(F)c(Nc3ncnc4ccc(-c5cnn6ccccc56)nc34)c2F)c(C)c1. The largest absolute Gasteiger partial charge is 0.497 e. The molecule has 0 saturated carbocycles. The van der Waals surface area contributed by atoms with Crippen LogP contribution in [-0.4, -0.2) is 40.1 Å². The van der Waals surface area contributed by atoms with Gasteiger partial charge in [-0.3, -0.25) is 4.72 Å². The lowest BCUT2D eigenvalue weighted by atomic mass is 10.1. The number of anilines is 3. The fraction of sp³-hybridized carbons (Fsp3) is 0.0714. The molecule has 0 atom stereocenters. The average molecular weight is 574 g/mol. The first-order valence-corrected chi connectivity index (χ1v) is 13.7. The van der Waals surface area contributed by atoms with Crippen LogP contribution in [0.1, 0.15) is 5.56 Å². The van der Waals surface area contributed by atoms with Gasteiger partial charge in [0, 0.05) is 11.8 Å². The second-order valence-electron chi connectivity index (χ2n) is 9.02. The molecule has 0 spiro atoms. The van der Waals surface area contributed by atoms with Crippen molar-refractivity contribution in [2.45, 2.75) is 11.8 Å². The van der Waals surface area contributed by atoms with E-state index in [4.69, 9.17) is 4.74 Å². The standard InChI is InChI=1S/C28H21F2N7O3S/c1-16-13-17(40-2)6-11-24(16)41(38,39)36-21-8-7-19(29)26(25(21)30)35-28-27-22(31-15-32-28)10-9-20(34-27)18-14-33-37-12-4-3-5-23(18)37/h3-15,36H,1-2H3,(H,31,32,35). The number of benzene rings is 2. The molecule has 0 aliphatic heterocycles. The molecule has 0 saturated heterocycles. The van der Waals surface area contributed by atoms with Crippen LogP contribution in [0.5, 0.6) is 5.75 Å². The second kappa shape index (κ2) is 10.1. The van der Waals surface area contributed by atoms with Gasteiger partial charge in [-0.2, -0.15) is 5.10 Å². The lowest BCUT2D eigenvalue weighted by Gasteiger charge is -2.15. The highest BCUT2D eigenvalue weighted by Crippen LogP contribution is 2.33. The Balaban J connectivity index is 1.37. The van der Waals surface area contributed by atoms with E-state index in [1.807, 2.05) is 18.2 Å². The fourth-order valence-electron chi connectivity index (χ4n) is 4.43. The molecule has 0 radical (unpaired) electrons. The Morgan fingerprint density at radius 1 is 1.00 bits per heavy atom. The van der Waals surface area contributed by atoms with Crippen LogP contribution < -0.4 is 14.8 Å². The zero-order valence-electron chi connectivity index (χ0n) is 21.6. The molecule has 6 rings (SSSR count). The van der Waals surface area contributed by atoms with Crippen LogP contribution in [0, 0.1) is 18.6 Å². The average Bonchev–Trinajstić information content (AvgIpc) is 3.40. The van der Waals surface area contributed by atoms with Crippen molar-refractivity contribution in [1.29, 1.82) is 0 Å². The summed E-state index contributed by atoms with van der Waals surface area (Å²) in [6.07, 6.45) is 4.70. The molecule has 2 aromatic carbocycles. The molecule has 41 heavy (non-hydrogen) atoms. The first kappa shape index (κ1) is 26.1. The van der Waals surface area contributed by atoms with Gasteiger partial charge in [-0.15, -0.1) is 0 Å². The first-order valence-electron chi connectivity index (χ1n) is 12.2. The third-order valence-electron chi connectivity index (χ3n) is 6.43. The van der Waals surface area contributed by atoms with E-state index in [1.54, 1.807) is 36.0 Å². The molecule has 0 amide bonds. The van der Waals surface area contributed by atoms with E-state index in [9.17, 15) is 12.8 Å². The topological polar surface area (TPSA) is 123 Å². The maximum atomic E-state index is 15.6. The molecule has 0 aliphatic carbocycles. The van der Waals surface area contributed by atoms with Gasteiger partial charge in [0.2, 0.25) is 0 Å². The summed E-state index contributed by atoms with van der Waals surface area (Å²) >= 11 is 0. The molecule has 4 heterocycles. The van der Waals surface area contributed by atoms with Crippen molar-refractivity contribution in [3.8, 4) is 17.0 Å². The zero-order chi connectivity index (χ0) is 28.7. The summed E-state index contributed by atoms with van der Waals surface area (Å²) in [6.45, 7) is 1.58. The first-order chi connectivity index (χ1) is 19.7. The number of hydrogen-bond donors (Lipinski definition) is 2. The number of methoxy groups -OCH3 is 1. The maximum Gasteiger partial charge on any atom is 0.262 e. The number of hydrogen-bond acceptors (Lipinski definition) is 8. The Hall–Kier alpha value is -5.17. The summed E-state index contributed by atoms with van der Waals surface area (Å²) in [6, 6.07) is 15.4. The molecule has 6 aromatic rings. The van der Waals surface area contributed by atoms with Gasteiger partial charge in [0.25, 0.3) is 10.0 Å². The number of fused-ring (bicyclic) bond motifs is 2. The van der Waals surface area contributed by atoms with Crippen LogP contribution in [0.25, 0.3) is 27.8 Å². The third kappa shape index (κ3) is 4.76. The molecule has 0 unspecified atom stereocenters. The lowest BCUT2D eigenvalue weighted by molar-refractivity contribution is 0.414. The Kier molecular flexibility index (Phi) is 6.42. The van der Waals surface area contributed by atoms with E-state index >= 15 is 4.39 Å². The molecule has 0 aliphatic rings. The summed E-state index contributed by atoms with van der Waals surface area (Å²) in [5.74, 6) is -1.63. The van der Waals surface area contributed by atoms with Crippen molar-refractivity contribution in [1.82, 2.24) is 24.6 Å². The predicted octanol–water partition coefficient (Wildman–Crippen LogP) is 5.48. The van der Waals surface area contributed by atoms with E-state index in [1.165, 1.54) is 31.6 Å². The number of nitrogens with one attached hydrogen (secondary N) is 2. The van der Waals surface area contributed by atoms with Crippen molar-refractivity contribution in [2.24, 2.45) is 0 Å². The summed E-state index contributed by atoms with van der Waals surface area (Å²) in [4.78, 5) is 13.0. The summed E-state index contributed by atoms with van der Waals surface area (Å²) in [5.41, 5.74) is 2.10. The number of halogens is 2. The molecule has 0 fully saturated rings. The van der Waals surface area contributed by atoms with E-state index in [0.717, 1.165) is 23.2 Å². The quantitative estimate of drug-likeness (QED) is 0.257. The van der Waals surface area contributed by atoms with Crippen LogP contribution >= 0.6 is 0 Å². The lowest BCUT2D eigenvalue weighted by Crippen LogP contribution is -2.16. The minimum Gasteiger partial charge on any atom is -0.497 e. The summed E-state index contributed by atoms with van der Waals surface area (Å²) < 4.78 is 65.7. The highest BCUT2D eigenvalue weighted by Gasteiger charge is 2.23. The minimum absolute atomic E-state index is 0.0251. The van der Waals surface area contributed by atoms with Crippen LogP contribution in [-0.2, 0) is 10.0 Å². The summed E-state index contributed by atoms with van der Waals surface area (Å²) in [5, 5.41) is 6.98. The van der Waals surface area contributed by atoms with Crippen molar-refractivity contribution in [2.75, 3.05) is 17.1 Å². The Morgan fingerprint density at radius 3 is 2.66 bits per heavy atom. The molecule has 2 N–H and O–H groups in total. The highest BCUT2D eigenvalue weighted by atomic mass is 32.2. The fourth-order valence-corrected chi connectivity index (χ4v) is 5.72. The number of nitrogens with zero attached hydrogens (tertiary/aromatic N) is 5. The van der Waals surface area contributed by atoms with E-state index in [-0.39, 0.29) is 16.2 Å². The highest BCUT2D eigenvalue weighted by molar-refractivity contribution is 7.92. The van der Waals surface area contributed by atoms with E-state index < -0.39 is 33.0 Å². The molecule has 13 heteroatoms. The van der Waals surface area contributed by atoms with Crippen molar-refractivity contribution in [3.05, 3.63) is 96.6 Å². The van der Waals surface area contributed by atoms with Crippen LogP contribution in [0.4, 0.5) is 26.0 Å². The minimum atomic E-state index is -4.22. The normalized spacial score (nSPS) is 11.6. The van der Waals surface area contributed by atoms with Crippen molar-refractivity contribution in [3.63, 3.8) is 0 Å². The Morgan fingerprint density at radius 2 is 1.85 bits per heavy atom. The number of rotatable bonds is 7. The van der Waals surface area contributed by atoms with Crippen LogP contribution in [0.2, 0.25) is 0 Å². The molecule has 206 valence electrons. The van der Waals surface area contributed by atoms with Gasteiger partial charge in [0.1, 0.15) is 29.1 Å². The van der Waals surface area contributed by atoms with Gasteiger partial charge >= 0.3 is 0 Å². The summed E-state index contributed by atoms with van der Waals surface area (Å²) in [7, 11) is -2.76. The molecule has 4 aromatic heterocycles. The number of pyridine rings is 2. The van der Waals surface area contributed by atoms with Gasteiger partial charge in [0.05, 0.1) is 40.6 Å². The van der Waals surface area contributed by atoms with Crippen LogP contribution in [0.3, 0.4) is 0 Å².